The number of aromatic amines is 2. The Kier molecular flexibility index (Phi) is 8.92. The maximum absolute atomic E-state index is 12.7. The highest BCUT2D eigenvalue weighted by Crippen LogP contribution is 2.39. The van der Waals surface area contributed by atoms with Crippen LogP contribution in [0.15, 0.2) is 82.0 Å². The molecule has 0 radical (unpaired) electrons. The van der Waals surface area contributed by atoms with Gasteiger partial charge in [-0.1, -0.05) is 31.9 Å². The summed E-state index contributed by atoms with van der Waals surface area (Å²) in [7, 11) is 0. The van der Waals surface area contributed by atoms with Crippen LogP contribution in [-0.2, 0) is 19.0 Å². The van der Waals surface area contributed by atoms with E-state index in [0.717, 1.165) is 76.8 Å². The number of aromatic nitrogens is 4. The molecule has 6 aromatic rings. The number of fused-ring (bicyclic) bond motifs is 6. The average molecular weight is 777 g/mol. The van der Waals surface area contributed by atoms with Gasteiger partial charge in [-0.05, 0) is 110 Å². The number of pyridine rings is 2. The number of halogens is 5. The number of hydrogen-bond donors (Lipinski definition) is 4. The van der Waals surface area contributed by atoms with Gasteiger partial charge < -0.3 is 20.6 Å². The molecule has 12 heteroatoms. The van der Waals surface area contributed by atoms with Crippen LogP contribution in [0.1, 0.15) is 71.4 Å². The second-order valence-corrected chi connectivity index (χ2v) is 13.9. The molecule has 0 spiro atoms. The number of H-pyrrole nitrogens is 2. The lowest BCUT2D eigenvalue weighted by Crippen LogP contribution is -2.18. The summed E-state index contributed by atoms with van der Waals surface area (Å²) >= 11 is 7.07. The quantitative estimate of drug-likeness (QED) is 0.143. The van der Waals surface area contributed by atoms with Crippen LogP contribution in [0.25, 0.3) is 21.8 Å². The zero-order valence-electron chi connectivity index (χ0n) is 25.6. The minimum Gasteiger partial charge on any atom is -0.362 e. The number of alkyl halides is 3. The Bertz CT molecular complexity index is 2130. The van der Waals surface area contributed by atoms with Crippen LogP contribution in [0.2, 0.25) is 0 Å². The van der Waals surface area contributed by atoms with E-state index in [-0.39, 0.29) is 12.1 Å². The summed E-state index contributed by atoms with van der Waals surface area (Å²) in [6.45, 7) is 0. The van der Waals surface area contributed by atoms with Crippen molar-refractivity contribution in [2.45, 2.75) is 56.8 Å². The molecule has 2 aromatic carbocycles. The molecule has 0 bridgehead atoms. The van der Waals surface area contributed by atoms with Gasteiger partial charge in [0.1, 0.15) is 17.7 Å². The van der Waals surface area contributed by atoms with Gasteiger partial charge in [0, 0.05) is 54.5 Å². The van der Waals surface area contributed by atoms with Gasteiger partial charge in [-0.15, -0.1) is 0 Å². The fourth-order valence-electron chi connectivity index (χ4n) is 6.71. The number of nitrogens with zero attached hydrogens (tertiary/aromatic N) is 3. The van der Waals surface area contributed by atoms with E-state index in [2.05, 4.69) is 92.8 Å². The Morgan fingerprint density at radius 3 is 1.69 bits per heavy atom. The van der Waals surface area contributed by atoms with Crippen LogP contribution in [0.3, 0.4) is 0 Å². The topological polar surface area (TPSA) is 105 Å². The molecule has 0 fully saturated rings. The molecular formula is C36H30Br2F3N7. The number of benzene rings is 2. The molecule has 2 unspecified atom stereocenters. The molecule has 2 aliphatic carbocycles. The molecular weight excluding hydrogens is 747 g/mol. The normalized spacial score (nSPS) is 17.2. The van der Waals surface area contributed by atoms with Crippen molar-refractivity contribution in [3.05, 3.63) is 116 Å². The highest BCUT2D eigenvalue weighted by molar-refractivity contribution is 9.10. The van der Waals surface area contributed by atoms with E-state index in [9.17, 15) is 13.2 Å². The van der Waals surface area contributed by atoms with E-state index in [1.54, 1.807) is 12.3 Å². The van der Waals surface area contributed by atoms with Crippen molar-refractivity contribution in [3.8, 4) is 6.07 Å². The van der Waals surface area contributed by atoms with Gasteiger partial charge in [0.15, 0.2) is 0 Å². The Morgan fingerprint density at radius 1 is 0.729 bits per heavy atom. The summed E-state index contributed by atoms with van der Waals surface area (Å²) < 4.78 is 40.1. The smallest absolute Gasteiger partial charge is 0.362 e. The maximum Gasteiger partial charge on any atom is 0.417 e. The van der Waals surface area contributed by atoms with Gasteiger partial charge in [-0.25, -0.2) is 9.97 Å². The molecule has 0 aliphatic heterocycles. The van der Waals surface area contributed by atoms with Crippen LogP contribution in [0, 0.1) is 11.3 Å². The lowest BCUT2D eigenvalue weighted by Gasteiger charge is -2.24. The van der Waals surface area contributed by atoms with Gasteiger partial charge in [0.25, 0.3) is 0 Å². The highest BCUT2D eigenvalue weighted by atomic mass is 79.9. The number of anilines is 2. The molecule has 8 rings (SSSR count). The lowest BCUT2D eigenvalue weighted by atomic mass is 9.91. The fourth-order valence-corrected chi connectivity index (χ4v) is 7.43. The van der Waals surface area contributed by atoms with E-state index >= 15 is 0 Å². The van der Waals surface area contributed by atoms with Crippen molar-refractivity contribution >= 4 is 65.3 Å². The van der Waals surface area contributed by atoms with Crippen molar-refractivity contribution in [3.63, 3.8) is 0 Å². The molecule has 0 saturated carbocycles. The van der Waals surface area contributed by atoms with Gasteiger partial charge in [0.2, 0.25) is 0 Å². The summed E-state index contributed by atoms with van der Waals surface area (Å²) in [6, 6.07) is 20.9. The average Bonchev–Trinajstić information content (AvgIpc) is 3.64. The second kappa shape index (κ2) is 13.3. The minimum absolute atomic E-state index is 0.0131. The van der Waals surface area contributed by atoms with Crippen LogP contribution >= 0.6 is 31.9 Å². The number of hydrogen-bond acceptors (Lipinski definition) is 5. The molecule has 48 heavy (non-hydrogen) atoms. The monoisotopic (exact) mass is 775 g/mol. The number of aryl methyl sites for hydroxylation is 2. The molecule has 2 aliphatic rings. The van der Waals surface area contributed by atoms with E-state index in [1.165, 1.54) is 39.2 Å². The maximum atomic E-state index is 12.7. The predicted octanol–water partition coefficient (Wildman–Crippen LogP) is 10.5. The highest BCUT2D eigenvalue weighted by Gasteiger charge is 2.31. The van der Waals surface area contributed by atoms with E-state index < -0.39 is 11.7 Å². The Labute approximate surface area is 291 Å². The van der Waals surface area contributed by atoms with Crippen LogP contribution in [-0.4, -0.2) is 19.9 Å². The van der Waals surface area contributed by atoms with Crippen LogP contribution < -0.4 is 10.6 Å². The SMILES string of the molecule is FC(F)(F)c1ccc(NC2CCCc3c2[nH]c2ccc(Br)cc32)nc1.N#Cc1ccc(NC2CCCc3c2[nH]c2ccc(Br)cc32)nc1. The third-order valence-corrected chi connectivity index (χ3v) is 9.95. The van der Waals surface area contributed by atoms with Crippen molar-refractivity contribution < 1.29 is 13.2 Å². The number of rotatable bonds is 4. The minimum atomic E-state index is -4.37. The predicted molar refractivity (Wildman–Crippen MR) is 189 cm³/mol. The number of nitriles is 1. The first-order chi connectivity index (χ1) is 23.2. The zero-order valence-corrected chi connectivity index (χ0v) is 28.7. The Morgan fingerprint density at radius 2 is 1.25 bits per heavy atom. The first-order valence-electron chi connectivity index (χ1n) is 15.7. The van der Waals surface area contributed by atoms with Gasteiger partial charge >= 0.3 is 6.18 Å². The molecule has 4 heterocycles. The summed E-state index contributed by atoms with van der Waals surface area (Å²) in [6.07, 6.45) is 4.35. The van der Waals surface area contributed by atoms with E-state index in [1.807, 2.05) is 18.2 Å². The Balaban J connectivity index is 0.000000152. The first kappa shape index (κ1) is 32.2. The van der Waals surface area contributed by atoms with Gasteiger partial charge in [-0.2, -0.15) is 18.4 Å². The second-order valence-electron chi connectivity index (χ2n) is 12.1. The standard InChI is InChI=1S/C18H15BrF3N3.C18H15BrN4/c19-11-5-6-14-13(8-11)12-2-1-3-15(17(12)25-14)24-16-7-4-10(9-23-16)18(20,21)22;19-12-5-6-15-14(8-12)13-2-1-3-16(18(13)23-15)22-17-7-4-11(9-20)10-21-17/h4-9,15,25H,1-3H2,(H,23,24);4-8,10,16,23H,1-3H2,(H,21,22). The van der Waals surface area contributed by atoms with Crippen molar-refractivity contribution in [1.82, 2.24) is 19.9 Å². The van der Waals surface area contributed by atoms with Crippen LogP contribution in [0.5, 0.6) is 0 Å². The molecule has 0 amide bonds. The largest absolute Gasteiger partial charge is 0.417 e. The number of nitrogens with one attached hydrogen (secondary N) is 4. The summed E-state index contributed by atoms with van der Waals surface area (Å²) in [5.41, 5.74) is 7.12. The molecule has 0 saturated heterocycles. The molecule has 244 valence electrons. The van der Waals surface area contributed by atoms with Crippen molar-refractivity contribution in [1.29, 1.82) is 5.26 Å². The van der Waals surface area contributed by atoms with E-state index in [0.29, 0.717) is 11.4 Å². The first-order valence-corrected chi connectivity index (χ1v) is 17.3. The molecule has 4 N–H and O–H groups in total. The lowest BCUT2D eigenvalue weighted by molar-refractivity contribution is -0.137. The van der Waals surface area contributed by atoms with Gasteiger partial charge in [0.05, 0.1) is 23.2 Å². The third-order valence-electron chi connectivity index (χ3n) is 8.97. The summed E-state index contributed by atoms with van der Waals surface area (Å²) in [5, 5.41) is 18.1. The summed E-state index contributed by atoms with van der Waals surface area (Å²) in [4.78, 5) is 15.3. The van der Waals surface area contributed by atoms with E-state index in [4.69, 9.17) is 5.26 Å². The summed E-state index contributed by atoms with van der Waals surface area (Å²) in [5.74, 6) is 1.26. The fraction of sp³-hybridized carbons (Fsp3) is 0.250. The van der Waals surface area contributed by atoms with Crippen molar-refractivity contribution in [2.24, 2.45) is 0 Å². The Hall–Kier alpha value is -4.34. The zero-order chi connectivity index (χ0) is 33.4. The molecule has 2 atom stereocenters. The third kappa shape index (κ3) is 6.66. The molecule has 4 aromatic heterocycles. The van der Waals surface area contributed by atoms with Gasteiger partial charge in [-0.3, -0.25) is 0 Å². The molecule has 7 nitrogen and oxygen atoms in total. The van der Waals surface area contributed by atoms with Crippen molar-refractivity contribution in [2.75, 3.05) is 10.6 Å². The van der Waals surface area contributed by atoms with Crippen LogP contribution in [0.4, 0.5) is 24.8 Å².